The summed E-state index contributed by atoms with van der Waals surface area (Å²) in [5.74, 6) is 0. The Balaban J connectivity index is 2.99. The fraction of sp³-hybridized carbons (Fsp3) is 0.800. The van der Waals surface area contributed by atoms with Crippen LogP contribution in [0.5, 0.6) is 0 Å². The SMILES string of the molecule is C=[PH](CC)CC. The molecule has 0 N–H and O–H groups in total. The molecular formula is C5H13P. The Labute approximate surface area is 41.0 Å². The minimum absolute atomic E-state index is 0.118. The Bertz CT molecular complexity index is 41.9. The van der Waals surface area contributed by atoms with Crippen molar-refractivity contribution in [3.63, 3.8) is 0 Å². The largest absolute Gasteiger partial charge is 0.125 e. The van der Waals surface area contributed by atoms with Crippen LogP contribution in [0.1, 0.15) is 13.8 Å². The maximum absolute atomic E-state index is 3.98. The third kappa shape index (κ3) is 2.53. The van der Waals surface area contributed by atoms with E-state index in [2.05, 4.69) is 20.1 Å². The molecule has 0 spiro atoms. The molecule has 1 heteroatoms. The zero-order valence-electron chi connectivity index (χ0n) is 4.62. The molecule has 38 valence electrons. The minimum Gasteiger partial charge on any atom is -0.125 e. The molecule has 0 aliphatic carbocycles. The Hall–Kier alpha value is 0.300. The van der Waals surface area contributed by atoms with Gasteiger partial charge in [-0.2, -0.15) is 0 Å². The van der Waals surface area contributed by atoms with Gasteiger partial charge < -0.3 is 0 Å². The van der Waals surface area contributed by atoms with Crippen LogP contribution in [-0.2, 0) is 0 Å². The predicted molar refractivity (Wildman–Crippen MR) is 36.5 cm³/mol. The highest BCUT2D eigenvalue weighted by Gasteiger charge is 1.76. The molecule has 0 aromatic carbocycles. The average Bonchev–Trinajstić information content (AvgIpc) is 1.65. The molecule has 0 heterocycles. The Morgan fingerprint density at radius 1 is 1.33 bits per heavy atom. The van der Waals surface area contributed by atoms with Gasteiger partial charge in [0.15, 0.2) is 0 Å². The molecule has 0 saturated heterocycles. The van der Waals surface area contributed by atoms with Gasteiger partial charge in [-0.15, -0.1) is 13.8 Å². The molecule has 6 heavy (non-hydrogen) atoms. The van der Waals surface area contributed by atoms with E-state index in [9.17, 15) is 0 Å². The van der Waals surface area contributed by atoms with Crippen molar-refractivity contribution in [2.75, 3.05) is 12.3 Å². The fourth-order valence-electron chi connectivity index (χ4n) is 0.250. The van der Waals surface area contributed by atoms with Crippen LogP contribution in [0.3, 0.4) is 0 Å². The molecular weight excluding hydrogens is 91.0 g/mol. The molecule has 0 aromatic rings. The summed E-state index contributed by atoms with van der Waals surface area (Å²) in [6.45, 7) is 4.43. The highest BCUT2D eigenvalue weighted by atomic mass is 31.1. The van der Waals surface area contributed by atoms with Crippen LogP contribution >= 0.6 is 7.55 Å². The van der Waals surface area contributed by atoms with Gasteiger partial charge >= 0.3 is 0 Å². The lowest BCUT2D eigenvalue weighted by Gasteiger charge is -1.91. The molecule has 0 unspecified atom stereocenters. The van der Waals surface area contributed by atoms with E-state index < -0.39 is 0 Å². The molecule has 0 bridgehead atoms. The van der Waals surface area contributed by atoms with Gasteiger partial charge in [-0.3, -0.25) is 0 Å². The second-order valence-corrected chi connectivity index (χ2v) is 4.37. The normalized spacial score (nSPS) is 9.83. The van der Waals surface area contributed by atoms with Gasteiger partial charge in [0.1, 0.15) is 0 Å². The first kappa shape index (κ1) is 6.30. The molecule has 0 fully saturated rings. The minimum atomic E-state index is -0.118. The van der Waals surface area contributed by atoms with E-state index in [1.807, 2.05) is 0 Å². The first-order valence-corrected chi connectivity index (χ1v) is 4.60. The molecule has 0 atom stereocenters. The maximum Gasteiger partial charge on any atom is -0.0386 e. The van der Waals surface area contributed by atoms with Crippen molar-refractivity contribution in [3.05, 3.63) is 0 Å². The summed E-state index contributed by atoms with van der Waals surface area (Å²) in [7, 11) is -0.118. The van der Waals surface area contributed by atoms with Crippen LogP contribution in [0, 0.1) is 0 Å². The van der Waals surface area contributed by atoms with Crippen LogP contribution in [-0.4, -0.2) is 18.6 Å². The van der Waals surface area contributed by atoms with Gasteiger partial charge in [0.2, 0.25) is 0 Å². The van der Waals surface area contributed by atoms with Crippen molar-refractivity contribution >= 4 is 13.8 Å². The number of hydrogen-bond acceptors (Lipinski definition) is 0. The van der Waals surface area contributed by atoms with E-state index in [0.717, 1.165) is 0 Å². The summed E-state index contributed by atoms with van der Waals surface area (Å²) in [5, 5.41) is 0. The summed E-state index contributed by atoms with van der Waals surface area (Å²) in [6.07, 6.45) is 6.62. The molecule has 0 rings (SSSR count). The molecule has 0 amide bonds. The number of rotatable bonds is 2. The van der Waals surface area contributed by atoms with E-state index in [4.69, 9.17) is 0 Å². The van der Waals surface area contributed by atoms with Gasteiger partial charge in [0.25, 0.3) is 0 Å². The van der Waals surface area contributed by atoms with Gasteiger partial charge in [-0.05, 0) is 12.3 Å². The second-order valence-electron chi connectivity index (χ2n) is 1.46. The van der Waals surface area contributed by atoms with E-state index in [1.54, 1.807) is 0 Å². The highest BCUT2D eigenvalue weighted by Crippen LogP contribution is 2.15. The van der Waals surface area contributed by atoms with Crippen LogP contribution in [0.4, 0.5) is 0 Å². The lowest BCUT2D eigenvalue weighted by Crippen LogP contribution is -1.67. The zero-order valence-corrected chi connectivity index (χ0v) is 5.62. The van der Waals surface area contributed by atoms with Crippen LogP contribution < -0.4 is 0 Å². The van der Waals surface area contributed by atoms with Crippen molar-refractivity contribution in [2.24, 2.45) is 0 Å². The Morgan fingerprint density at radius 3 is 1.67 bits per heavy atom. The van der Waals surface area contributed by atoms with E-state index >= 15 is 0 Å². The lowest BCUT2D eigenvalue weighted by atomic mass is 11.0. The second kappa shape index (κ2) is 3.49. The van der Waals surface area contributed by atoms with Crippen LogP contribution in [0.2, 0.25) is 0 Å². The Morgan fingerprint density at radius 2 is 1.67 bits per heavy atom. The maximum atomic E-state index is 3.98. The third-order valence-electron chi connectivity index (χ3n) is 1.000. The van der Waals surface area contributed by atoms with Gasteiger partial charge in [0.05, 0.1) is 0 Å². The summed E-state index contributed by atoms with van der Waals surface area (Å²) in [5.41, 5.74) is 0. The van der Waals surface area contributed by atoms with Gasteiger partial charge in [-0.1, -0.05) is 13.8 Å². The fourth-order valence-corrected chi connectivity index (χ4v) is 0.750. The summed E-state index contributed by atoms with van der Waals surface area (Å²) < 4.78 is 0. The van der Waals surface area contributed by atoms with Crippen molar-refractivity contribution in [1.82, 2.24) is 0 Å². The van der Waals surface area contributed by atoms with Crippen molar-refractivity contribution in [2.45, 2.75) is 13.8 Å². The molecule has 0 aliphatic heterocycles. The quantitative estimate of drug-likeness (QED) is 0.467. The zero-order chi connectivity index (χ0) is 4.99. The number of hydrogen-bond donors (Lipinski definition) is 0. The van der Waals surface area contributed by atoms with Crippen LogP contribution in [0.15, 0.2) is 0 Å². The first-order chi connectivity index (χ1) is 2.81. The van der Waals surface area contributed by atoms with Crippen molar-refractivity contribution in [1.29, 1.82) is 0 Å². The van der Waals surface area contributed by atoms with E-state index in [1.165, 1.54) is 12.3 Å². The molecule has 0 nitrogen and oxygen atoms in total. The van der Waals surface area contributed by atoms with Crippen molar-refractivity contribution in [3.8, 4) is 0 Å². The summed E-state index contributed by atoms with van der Waals surface area (Å²) >= 11 is 0. The lowest BCUT2D eigenvalue weighted by molar-refractivity contribution is 1.44. The Kier molecular flexibility index (Phi) is 3.66. The average molecular weight is 104 g/mol. The topological polar surface area (TPSA) is 0 Å². The predicted octanol–water partition coefficient (Wildman–Crippen LogP) is 1.67. The highest BCUT2D eigenvalue weighted by molar-refractivity contribution is 7.55. The summed E-state index contributed by atoms with van der Waals surface area (Å²) in [6, 6.07) is 0. The monoisotopic (exact) mass is 104 g/mol. The molecule has 0 aromatic heterocycles. The summed E-state index contributed by atoms with van der Waals surface area (Å²) in [4.78, 5) is 0. The standard InChI is InChI=1S/C5H13P/c1-4-6(3)5-2/h6H,3-5H2,1-2H3. The van der Waals surface area contributed by atoms with Gasteiger partial charge in [-0.25, -0.2) is 0 Å². The van der Waals surface area contributed by atoms with Gasteiger partial charge in [0, 0.05) is 0 Å². The van der Waals surface area contributed by atoms with E-state index in [0.29, 0.717) is 0 Å². The van der Waals surface area contributed by atoms with E-state index in [-0.39, 0.29) is 7.55 Å². The molecule has 0 saturated carbocycles. The van der Waals surface area contributed by atoms with Crippen LogP contribution in [0.25, 0.3) is 0 Å². The van der Waals surface area contributed by atoms with Crippen molar-refractivity contribution < 1.29 is 0 Å². The third-order valence-corrected chi connectivity index (χ3v) is 3.00. The first-order valence-electron chi connectivity index (χ1n) is 2.47. The smallest absolute Gasteiger partial charge is 0.0386 e. The molecule has 0 radical (unpaired) electrons. The molecule has 0 aliphatic rings.